The fourth-order valence-corrected chi connectivity index (χ4v) is 5.10. The topological polar surface area (TPSA) is 97.4 Å². The van der Waals surface area contributed by atoms with Gasteiger partial charge in [-0.15, -0.1) is 0 Å². The third-order valence-corrected chi connectivity index (χ3v) is 7.23. The van der Waals surface area contributed by atoms with Crippen molar-refractivity contribution in [1.82, 2.24) is 14.9 Å². The first kappa shape index (κ1) is 20.7. The minimum Gasteiger partial charge on any atom is -0.465 e. The molecule has 34 heavy (non-hydrogen) atoms. The molecule has 172 valence electrons. The Morgan fingerprint density at radius 3 is 2.38 bits per heavy atom. The molecule has 0 bridgehead atoms. The molecule has 0 aliphatic heterocycles. The normalized spacial score (nSPS) is 16.9. The van der Waals surface area contributed by atoms with Crippen LogP contribution in [0.2, 0.25) is 0 Å². The first-order chi connectivity index (χ1) is 16.5. The molecule has 2 aromatic heterocycles. The number of carboxylic acid groups (broad SMARTS) is 1. The van der Waals surface area contributed by atoms with Crippen LogP contribution in [0.15, 0.2) is 63.8 Å². The Balaban J connectivity index is 1.52. The molecule has 2 saturated carbocycles. The van der Waals surface area contributed by atoms with Gasteiger partial charge < -0.3 is 14.8 Å². The molecule has 2 heterocycles. The lowest BCUT2D eigenvalue weighted by molar-refractivity contribution is 0.144. The van der Waals surface area contributed by atoms with Crippen LogP contribution in [0.3, 0.4) is 0 Å². The molecule has 1 amide bonds. The van der Waals surface area contributed by atoms with E-state index in [-0.39, 0.29) is 5.56 Å². The predicted molar refractivity (Wildman–Crippen MR) is 129 cm³/mol. The van der Waals surface area contributed by atoms with Crippen LogP contribution in [0, 0.1) is 0 Å². The number of nitrogens with one attached hydrogen (secondary N) is 1. The van der Waals surface area contributed by atoms with E-state index in [1.54, 1.807) is 11.6 Å². The van der Waals surface area contributed by atoms with E-state index in [0.29, 0.717) is 22.8 Å². The minimum absolute atomic E-state index is 0.101. The number of nitrogens with zero attached hydrogens (tertiary/aromatic N) is 2. The van der Waals surface area contributed by atoms with E-state index in [1.165, 1.54) is 0 Å². The molecule has 2 aliphatic rings. The average molecular weight is 456 g/mol. The standard InChI is InChI=1S/C27H25N3O4/c1-30-23(18-8-9-18)28-24-21(25(30)31)20(16-6-3-2-4-7-16)22(34-24)17-10-12-19(13-11-17)27(14-5-15-27)29-26(32)33/h2-4,6-7,10-13,18,29H,5,8-9,14-15H2,1H3,(H,32,33). The summed E-state index contributed by atoms with van der Waals surface area (Å²) in [5, 5.41) is 12.5. The van der Waals surface area contributed by atoms with Crippen LogP contribution in [-0.4, -0.2) is 20.8 Å². The van der Waals surface area contributed by atoms with Crippen LogP contribution in [0.1, 0.15) is 49.4 Å². The van der Waals surface area contributed by atoms with Gasteiger partial charge in [-0.3, -0.25) is 9.36 Å². The Bertz CT molecular complexity index is 1460. The molecule has 4 aromatic rings. The summed E-state index contributed by atoms with van der Waals surface area (Å²) < 4.78 is 7.95. The van der Waals surface area contributed by atoms with Crippen molar-refractivity contribution in [3.05, 3.63) is 76.3 Å². The molecule has 2 aliphatic carbocycles. The SMILES string of the molecule is Cn1c(C2CC2)nc2oc(-c3ccc(C4(NC(=O)O)CCC4)cc3)c(-c3ccccc3)c2c1=O. The van der Waals surface area contributed by atoms with Crippen molar-refractivity contribution in [2.45, 2.75) is 43.6 Å². The third-order valence-electron chi connectivity index (χ3n) is 7.23. The van der Waals surface area contributed by atoms with Crippen LogP contribution in [-0.2, 0) is 12.6 Å². The van der Waals surface area contributed by atoms with E-state index in [1.807, 2.05) is 54.6 Å². The lowest BCUT2D eigenvalue weighted by Crippen LogP contribution is -2.50. The summed E-state index contributed by atoms with van der Waals surface area (Å²) in [5.74, 6) is 1.69. The molecule has 7 heteroatoms. The zero-order valence-electron chi connectivity index (χ0n) is 18.9. The van der Waals surface area contributed by atoms with E-state index in [0.717, 1.165) is 60.2 Å². The second kappa shape index (κ2) is 7.58. The van der Waals surface area contributed by atoms with Crippen LogP contribution in [0.25, 0.3) is 33.6 Å². The summed E-state index contributed by atoms with van der Waals surface area (Å²) in [6.45, 7) is 0. The maximum atomic E-state index is 13.5. The Morgan fingerprint density at radius 2 is 1.79 bits per heavy atom. The van der Waals surface area contributed by atoms with E-state index >= 15 is 0 Å². The van der Waals surface area contributed by atoms with Crippen molar-refractivity contribution in [2.75, 3.05) is 0 Å². The summed E-state index contributed by atoms with van der Waals surface area (Å²) >= 11 is 0. The zero-order valence-corrected chi connectivity index (χ0v) is 18.9. The number of aromatic nitrogens is 2. The summed E-state index contributed by atoms with van der Waals surface area (Å²) in [6.07, 6.45) is 3.62. The number of furan rings is 1. The van der Waals surface area contributed by atoms with Gasteiger partial charge in [0, 0.05) is 24.1 Å². The molecule has 2 fully saturated rings. The summed E-state index contributed by atoms with van der Waals surface area (Å²) in [7, 11) is 1.78. The van der Waals surface area contributed by atoms with E-state index < -0.39 is 11.6 Å². The Morgan fingerprint density at radius 1 is 1.09 bits per heavy atom. The van der Waals surface area contributed by atoms with Gasteiger partial charge in [-0.05, 0) is 43.2 Å². The monoisotopic (exact) mass is 455 g/mol. The first-order valence-electron chi connectivity index (χ1n) is 11.7. The highest BCUT2D eigenvalue weighted by Crippen LogP contribution is 2.44. The quantitative estimate of drug-likeness (QED) is 0.421. The molecule has 2 N–H and O–H groups in total. The van der Waals surface area contributed by atoms with E-state index in [4.69, 9.17) is 9.40 Å². The smallest absolute Gasteiger partial charge is 0.405 e. The van der Waals surface area contributed by atoms with Gasteiger partial charge in [0.1, 0.15) is 17.0 Å². The highest BCUT2D eigenvalue weighted by Gasteiger charge is 2.40. The lowest BCUT2D eigenvalue weighted by Gasteiger charge is -2.42. The van der Waals surface area contributed by atoms with Gasteiger partial charge in [-0.25, -0.2) is 4.79 Å². The summed E-state index contributed by atoms with van der Waals surface area (Å²) in [4.78, 5) is 29.6. The Labute approximate surface area is 196 Å². The predicted octanol–water partition coefficient (Wildman–Crippen LogP) is 5.38. The molecular formula is C27H25N3O4. The average Bonchev–Trinajstić information content (AvgIpc) is 3.59. The van der Waals surface area contributed by atoms with Crippen LogP contribution in [0.5, 0.6) is 0 Å². The molecule has 6 rings (SSSR count). The largest absolute Gasteiger partial charge is 0.465 e. The van der Waals surface area contributed by atoms with Gasteiger partial charge in [-0.1, -0.05) is 54.6 Å². The molecule has 0 atom stereocenters. The fourth-order valence-electron chi connectivity index (χ4n) is 5.10. The number of fused-ring (bicyclic) bond motifs is 1. The van der Waals surface area contributed by atoms with Gasteiger partial charge in [0.05, 0.1) is 5.54 Å². The van der Waals surface area contributed by atoms with Crippen molar-refractivity contribution in [3.63, 3.8) is 0 Å². The van der Waals surface area contributed by atoms with Gasteiger partial charge in [0.25, 0.3) is 5.56 Å². The number of hydrogen-bond acceptors (Lipinski definition) is 4. The van der Waals surface area contributed by atoms with Gasteiger partial charge >= 0.3 is 6.09 Å². The number of rotatable bonds is 5. The van der Waals surface area contributed by atoms with E-state index in [2.05, 4.69) is 5.32 Å². The first-order valence-corrected chi connectivity index (χ1v) is 11.7. The maximum absolute atomic E-state index is 13.5. The minimum atomic E-state index is -1.01. The highest BCUT2D eigenvalue weighted by molar-refractivity contribution is 6.00. The lowest BCUT2D eigenvalue weighted by atomic mass is 9.72. The van der Waals surface area contributed by atoms with Gasteiger partial charge in [0.2, 0.25) is 5.71 Å². The van der Waals surface area contributed by atoms with Crippen LogP contribution >= 0.6 is 0 Å². The molecule has 2 aromatic carbocycles. The van der Waals surface area contributed by atoms with Gasteiger partial charge in [-0.2, -0.15) is 4.98 Å². The third kappa shape index (κ3) is 3.22. The molecule has 0 radical (unpaired) electrons. The van der Waals surface area contributed by atoms with E-state index in [9.17, 15) is 14.7 Å². The van der Waals surface area contributed by atoms with Crippen LogP contribution in [0.4, 0.5) is 4.79 Å². The maximum Gasteiger partial charge on any atom is 0.405 e. The van der Waals surface area contributed by atoms with Gasteiger partial charge in [0.15, 0.2) is 0 Å². The molecule has 7 nitrogen and oxygen atoms in total. The Hall–Kier alpha value is -3.87. The molecular weight excluding hydrogens is 430 g/mol. The fraction of sp³-hybridized carbons (Fsp3) is 0.296. The molecule has 0 saturated heterocycles. The van der Waals surface area contributed by atoms with Crippen molar-refractivity contribution >= 4 is 17.2 Å². The molecule has 0 spiro atoms. The summed E-state index contributed by atoms with van der Waals surface area (Å²) in [5.41, 5.74) is 3.12. The molecule has 0 unspecified atom stereocenters. The number of hydrogen-bond donors (Lipinski definition) is 2. The highest BCUT2D eigenvalue weighted by atomic mass is 16.4. The number of benzene rings is 2. The van der Waals surface area contributed by atoms with Crippen molar-refractivity contribution in [1.29, 1.82) is 0 Å². The van der Waals surface area contributed by atoms with Crippen molar-refractivity contribution in [3.8, 4) is 22.5 Å². The number of amides is 1. The number of carbonyl (C=O) groups is 1. The summed E-state index contributed by atoms with van der Waals surface area (Å²) in [6, 6.07) is 17.5. The van der Waals surface area contributed by atoms with Crippen molar-refractivity contribution in [2.24, 2.45) is 7.05 Å². The second-order valence-electron chi connectivity index (χ2n) is 9.40. The second-order valence-corrected chi connectivity index (χ2v) is 9.40. The van der Waals surface area contributed by atoms with Crippen molar-refractivity contribution < 1.29 is 14.3 Å². The van der Waals surface area contributed by atoms with Crippen LogP contribution < -0.4 is 10.9 Å². The zero-order chi connectivity index (χ0) is 23.4. The Kier molecular flexibility index (Phi) is 4.62.